The number of nitrogens with zero attached hydrogens (tertiary/aromatic N) is 5. The number of guanidine groups is 1. The Morgan fingerprint density at radius 2 is 2.12 bits per heavy atom. The first-order valence-corrected chi connectivity index (χ1v) is 9.22. The van der Waals surface area contributed by atoms with Gasteiger partial charge in [-0.05, 0) is 6.92 Å². The van der Waals surface area contributed by atoms with E-state index in [0.29, 0.717) is 43.6 Å². The van der Waals surface area contributed by atoms with E-state index in [-0.39, 0.29) is 0 Å². The third kappa shape index (κ3) is 5.97. The topological polar surface area (TPSA) is 80.0 Å². The Labute approximate surface area is 153 Å². The van der Waals surface area contributed by atoms with Crippen molar-refractivity contribution in [3.05, 3.63) is 28.2 Å². The van der Waals surface area contributed by atoms with Gasteiger partial charge in [-0.15, -0.1) is 21.5 Å². The molecule has 2 rings (SSSR count). The maximum absolute atomic E-state index is 12.5. The lowest BCUT2D eigenvalue weighted by Crippen LogP contribution is -2.39. The normalized spacial score (nSPS) is 12.4. The van der Waals surface area contributed by atoms with Crippen LogP contribution in [0.3, 0.4) is 0 Å². The van der Waals surface area contributed by atoms with Crippen LogP contribution in [-0.2, 0) is 25.6 Å². The molecule has 2 aromatic heterocycles. The van der Waals surface area contributed by atoms with Gasteiger partial charge in [-0.1, -0.05) is 6.92 Å². The zero-order valence-corrected chi connectivity index (χ0v) is 15.5. The second-order valence-electron chi connectivity index (χ2n) is 5.36. The summed E-state index contributed by atoms with van der Waals surface area (Å²) in [5.41, 5.74) is -0.841. The van der Waals surface area contributed by atoms with E-state index >= 15 is 0 Å². The van der Waals surface area contributed by atoms with Crippen molar-refractivity contribution in [3.8, 4) is 0 Å². The van der Waals surface area contributed by atoms with Crippen molar-refractivity contribution in [3.63, 3.8) is 0 Å². The molecule has 0 atom stereocenters. The van der Waals surface area contributed by atoms with E-state index in [9.17, 15) is 13.2 Å². The van der Waals surface area contributed by atoms with Gasteiger partial charge in [-0.3, -0.25) is 4.99 Å². The highest BCUT2D eigenvalue weighted by Gasteiger charge is 2.33. The van der Waals surface area contributed by atoms with E-state index in [2.05, 4.69) is 30.8 Å². The molecule has 0 amide bonds. The zero-order chi connectivity index (χ0) is 19.0. The smallest absolute Gasteiger partial charge is 0.357 e. The highest BCUT2D eigenvalue weighted by Crippen LogP contribution is 2.30. The minimum atomic E-state index is -4.39. The Kier molecular flexibility index (Phi) is 7.37. The van der Waals surface area contributed by atoms with Gasteiger partial charge in [-0.2, -0.15) is 13.2 Å². The van der Waals surface area contributed by atoms with Crippen molar-refractivity contribution < 1.29 is 13.2 Å². The molecular weight excluding hydrogens is 367 g/mol. The summed E-state index contributed by atoms with van der Waals surface area (Å²) in [5.74, 6) is 1.53. The first-order valence-electron chi connectivity index (χ1n) is 8.34. The van der Waals surface area contributed by atoms with Gasteiger partial charge in [0, 0.05) is 44.4 Å². The van der Waals surface area contributed by atoms with E-state index in [1.165, 1.54) is 0 Å². The lowest BCUT2D eigenvalue weighted by Gasteiger charge is -2.12. The lowest BCUT2D eigenvalue weighted by atomic mass is 10.4. The molecule has 11 heteroatoms. The van der Waals surface area contributed by atoms with Gasteiger partial charge < -0.3 is 15.2 Å². The fourth-order valence-electron chi connectivity index (χ4n) is 2.20. The average molecular weight is 389 g/mol. The number of alkyl halides is 3. The van der Waals surface area contributed by atoms with Gasteiger partial charge in [0.2, 0.25) is 0 Å². The molecule has 0 aliphatic rings. The van der Waals surface area contributed by atoms with Crippen molar-refractivity contribution in [2.45, 2.75) is 39.4 Å². The molecule has 7 nitrogen and oxygen atoms in total. The van der Waals surface area contributed by atoms with Gasteiger partial charge in [0.25, 0.3) is 0 Å². The number of thiazole rings is 1. The van der Waals surface area contributed by atoms with Gasteiger partial charge in [0.15, 0.2) is 11.7 Å². The van der Waals surface area contributed by atoms with Crippen LogP contribution in [0.4, 0.5) is 13.2 Å². The minimum Gasteiger partial charge on any atom is -0.357 e. The molecule has 2 heterocycles. The van der Waals surface area contributed by atoms with Crippen LogP contribution in [0, 0.1) is 0 Å². The largest absolute Gasteiger partial charge is 0.434 e. The summed E-state index contributed by atoms with van der Waals surface area (Å²) in [6.45, 7) is 6.33. The number of aryl methyl sites for hydroxylation is 1. The van der Waals surface area contributed by atoms with Crippen LogP contribution < -0.4 is 10.6 Å². The SMILES string of the molecule is CCNC(=NCCc1nc(C(F)(F)F)cs1)NCCn1cnnc1CC. The van der Waals surface area contributed by atoms with Crippen molar-refractivity contribution in [1.29, 1.82) is 0 Å². The van der Waals surface area contributed by atoms with Gasteiger partial charge >= 0.3 is 6.18 Å². The van der Waals surface area contributed by atoms with Crippen molar-refractivity contribution in [2.24, 2.45) is 4.99 Å². The molecule has 0 bridgehead atoms. The van der Waals surface area contributed by atoms with Gasteiger partial charge in [0.05, 0.1) is 5.01 Å². The number of hydrogen-bond acceptors (Lipinski definition) is 5. The molecule has 144 valence electrons. The summed E-state index contributed by atoms with van der Waals surface area (Å²) >= 11 is 1.00. The number of rotatable bonds is 8. The van der Waals surface area contributed by atoms with Crippen LogP contribution in [0.2, 0.25) is 0 Å². The molecule has 0 spiro atoms. The number of hydrogen-bond donors (Lipinski definition) is 2. The van der Waals surface area contributed by atoms with E-state index < -0.39 is 11.9 Å². The summed E-state index contributed by atoms with van der Waals surface area (Å²) in [6, 6.07) is 0. The predicted octanol–water partition coefficient (Wildman–Crippen LogP) is 2.11. The van der Waals surface area contributed by atoms with Crippen LogP contribution in [0.25, 0.3) is 0 Å². The summed E-state index contributed by atoms with van der Waals surface area (Å²) in [7, 11) is 0. The van der Waals surface area contributed by atoms with Crippen LogP contribution in [0.1, 0.15) is 30.4 Å². The molecule has 0 aliphatic carbocycles. The highest BCUT2D eigenvalue weighted by molar-refractivity contribution is 7.09. The summed E-state index contributed by atoms with van der Waals surface area (Å²) < 4.78 is 39.6. The molecule has 0 aromatic carbocycles. The van der Waals surface area contributed by atoms with E-state index in [4.69, 9.17) is 0 Å². The van der Waals surface area contributed by atoms with Gasteiger partial charge in [-0.25, -0.2) is 4.98 Å². The lowest BCUT2D eigenvalue weighted by molar-refractivity contribution is -0.140. The molecule has 0 saturated heterocycles. The standard InChI is InChI=1S/C15H22F3N7S/c1-3-12-24-22-10-25(12)8-7-21-14(19-4-2)20-6-5-13-23-11(9-26-13)15(16,17)18/h9-10H,3-8H2,1-2H3,(H2,19,20,21). The molecule has 26 heavy (non-hydrogen) atoms. The molecule has 0 aliphatic heterocycles. The van der Waals surface area contributed by atoms with Crippen LogP contribution >= 0.6 is 11.3 Å². The zero-order valence-electron chi connectivity index (χ0n) is 14.7. The van der Waals surface area contributed by atoms with E-state index in [1.807, 2.05) is 18.4 Å². The fourth-order valence-corrected chi connectivity index (χ4v) is 2.99. The van der Waals surface area contributed by atoms with Gasteiger partial charge in [0.1, 0.15) is 12.2 Å². The maximum Gasteiger partial charge on any atom is 0.434 e. The Morgan fingerprint density at radius 1 is 1.31 bits per heavy atom. The molecular formula is C15H22F3N7S. The van der Waals surface area contributed by atoms with Crippen molar-refractivity contribution >= 4 is 17.3 Å². The maximum atomic E-state index is 12.5. The van der Waals surface area contributed by atoms with Crippen molar-refractivity contribution in [1.82, 2.24) is 30.4 Å². The first kappa shape index (κ1) is 20.1. The first-order chi connectivity index (χ1) is 12.4. The summed E-state index contributed by atoms with van der Waals surface area (Å²) in [4.78, 5) is 7.99. The fraction of sp³-hybridized carbons (Fsp3) is 0.600. The summed E-state index contributed by atoms with van der Waals surface area (Å²) in [5, 5.41) is 15.7. The molecule has 0 fully saturated rings. The Morgan fingerprint density at radius 3 is 2.77 bits per heavy atom. The Bertz CT molecular complexity index is 708. The number of nitrogens with one attached hydrogen (secondary N) is 2. The van der Waals surface area contributed by atoms with Crippen LogP contribution in [0.15, 0.2) is 16.7 Å². The number of halogens is 3. The quantitative estimate of drug-likeness (QED) is 0.534. The minimum absolute atomic E-state index is 0.354. The predicted molar refractivity (Wildman–Crippen MR) is 94.2 cm³/mol. The second-order valence-corrected chi connectivity index (χ2v) is 6.30. The van der Waals surface area contributed by atoms with Crippen LogP contribution in [-0.4, -0.2) is 45.3 Å². The number of aromatic nitrogens is 4. The van der Waals surface area contributed by atoms with Crippen molar-refractivity contribution in [2.75, 3.05) is 19.6 Å². The van der Waals surface area contributed by atoms with E-state index in [1.54, 1.807) is 6.33 Å². The Hall–Kier alpha value is -2.17. The Balaban J connectivity index is 1.83. The molecule has 2 aromatic rings. The monoisotopic (exact) mass is 389 g/mol. The van der Waals surface area contributed by atoms with Crippen LogP contribution in [0.5, 0.6) is 0 Å². The molecule has 0 radical (unpaired) electrons. The highest BCUT2D eigenvalue weighted by atomic mass is 32.1. The summed E-state index contributed by atoms with van der Waals surface area (Å²) in [6.07, 6.45) is -1.54. The molecule has 2 N–H and O–H groups in total. The molecule has 0 saturated carbocycles. The average Bonchev–Trinajstić information content (AvgIpc) is 3.23. The third-order valence-corrected chi connectivity index (χ3v) is 4.35. The number of aliphatic imine (C=N–C) groups is 1. The third-order valence-electron chi connectivity index (χ3n) is 3.44. The molecule has 0 unspecified atom stereocenters. The second kappa shape index (κ2) is 9.51. The van der Waals surface area contributed by atoms with E-state index in [0.717, 1.165) is 29.0 Å².